The van der Waals surface area contributed by atoms with Crippen LogP contribution in [0, 0.1) is 26.7 Å². The number of amides is 2. The zero-order valence-corrected chi connectivity index (χ0v) is 16.4. The Morgan fingerprint density at radius 2 is 1.74 bits per heavy atom. The SMILES string of the molecule is Cc1cc(C)c(NC(=O)C2CCCN(C(=O)Cc3ccccc3)C2)c(C)c1. The van der Waals surface area contributed by atoms with E-state index in [-0.39, 0.29) is 17.7 Å². The fourth-order valence-corrected chi connectivity index (χ4v) is 3.90. The summed E-state index contributed by atoms with van der Waals surface area (Å²) in [5.74, 6) is -0.0396. The number of benzene rings is 2. The zero-order chi connectivity index (χ0) is 19.4. The highest BCUT2D eigenvalue weighted by molar-refractivity contribution is 5.94. The van der Waals surface area contributed by atoms with Crippen molar-refractivity contribution in [3.63, 3.8) is 0 Å². The van der Waals surface area contributed by atoms with Crippen molar-refractivity contribution in [1.82, 2.24) is 4.90 Å². The molecule has 0 saturated carbocycles. The fraction of sp³-hybridized carbons (Fsp3) is 0.391. The van der Waals surface area contributed by atoms with E-state index in [1.807, 2.05) is 49.1 Å². The molecule has 27 heavy (non-hydrogen) atoms. The summed E-state index contributed by atoms with van der Waals surface area (Å²) in [5.41, 5.74) is 5.26. The van der Waals surface area contributed by atoms with Crippen molar-refractivity contribution < 1.29 is 9.59 Å². The molecule has 1 fully saturated rings. The Labute approximate surface area is 161 Å². The monoisotopic (exact) mass is 364 g/mol. The van der Waals surface area contributed by atoms with Gasteiger partial charge in [0.05, 0.1) is 12.3 Å². The quantitative estimate of drug-likeness (QED) is 0.890. The van der Waals surface area contributed by atoms with Gasteiger partial charge in [-0.25, -0.2) is 0 Å². The number of rotatable bonds is 4. The number of piperidine rings is 1. The lowest BCUT2D eigenvalue weighted by atomic mass is 9.95. The van der Waals surface area contributed by atoms with Gasteiger partial charge < -0.3 is 10.2 Å². The number of nitrogens with zero attached hydrogens (tertiary/aromatic N) is 1. The van der Waals surface area contributed by atoms with Crippen LogP contribution in [0.3, 0.4) is 0 Å². The molecular weight excluding hydrogens is 336 g/mol. The average Bonchev–Trinajstić information content (AvgIpc) is 2.65. The Kier molecular flexibility index (Phi) is 5.94. The van der Waals surface area contributed by atoms with Crippen molar-refractivity contribution in [3.8, 4) is 0 Å². The summed E-state index contributed by atoms with van der Waals surface area (Å²) in [7, 11) is 0. The van der Waals surface area contributed by atoms with Crippen molar-refractivity contribution in [3.05, 3.63) is 64.7 Å². The molecule has 4 heteroatoms. The van der Waals surface area contributed by atoms with E-state index < -0.39 is 0 Å². The second-order valence-corrected chi connectivity index (χ2v) is 7.60. The van der Waals surface area contributed by atoms with Gasteiger partial charge in [-0.3, -0.25) is 9.59 Å². The van der Waals surface area contributed by atoms with Gasteiger partial charge in [0.2, 0.25) is 11.8 Å². The molecule has 0 aromatic heterocycles. The van der Waals surface area contributed by atoms with Crippen LogP contribution in [-0.4, -0.2) is 29.8 Å². The molecule has 1 aliphatic rings. The van der Waals surface area contributed by atoms with Gasteiger partial charge in [-0.05, 0) is 50.3 Å². The zero-order valence-electron chi connectivity index (χ0n) is 16.4. The third kappa shape index (κ3) is 4.76. The number of hydrogen-bond donors (Lipinski definition) is 1. The van der Waals surface area contributed by atoms with E-state index in [0.29, 0.717) is 13.0 Å². The van der Waals surface area contributed by atoms with Crippen LogP contribution in [0.2, 0.25) is 0 Å². The Balaban J connectivity index is 1.64. The number of aryl methyl sites for hydroxylation is 3. The lowest BCUT2D eigenvalue weighted by molar-refractivity contribution is -0.133. The topological polar surface area (TPSA) is 49.4 Å². The van der Waals surface area contributed by atoms with Crippen LogP contribution in [0.1, 0.15) is 35.1 Å². The van der Waals surface area contributed by atoms with Crippen molar-refractivity contribution in [1.29, 1.82) is 0 Å². The van der Waals surface area contributed by atoms with Gasteiger partial charge in [-0.1, -0.05) is 48.0 Å². The summed E-state index contributed by atoms with van der Waals surface area (Å²) >= 11 is 0. The number of carbonyl (C=O) groups is 2. The average molecular weight is 364 g/mol. The van der Waals surface area contributed by atoms with Gasteiger partial charge in [-0.2, -0.15) is 0 Å². The summed E-state index contributed by atoms with van der Waals surface area (Å²) in [5, 5.41) is 3.11. The molecule has 3 rings (SSSR count). The van der Waals surface area contributed by atoms with Crippen LogP contribution in [0.25, 0.3) is 0 Å². The predicted molar refractivity (Wildman–Crippen MR) is 109 cm³/mol. The van der Waals surface area contributed by atoms with Gasteiger partial charge in [0.15, 0.2) is 0 Å². The Bertz CT molecular complexity index is 807. The van der Waals surface area contributed by atoms with Crippen LogP contribution in [0.4, 0.5) is 5.69 Å². The van der Waals surface area contributed by atoms with Crippen LogP contribution >= 0.6 is 0 Å². The third-order valence-electron chi connectivity index (χ3n) is 5.27. The normalized spacial score (nSPS) is 16.9. The summed E-state index contributed by atoms with van der Waals surface area (Å²) in [6.07, 6.45) is 2.08. The Hall–Kier alpha value is -2.62. The van der Waals surface area contributed by atoms with Crippen molar-refractivity contribution >= 4 is 17.5 Å². The lowest BCUT2D eigenvalue weighted by Crippen LogP contribution is -2.44. The maximum absolute atomic E-state index is 12.8. The van der Waals surface area contributed by atoms with Crippen LogP contribution < -0.4 is 5.32 Å². The molecule has 1 saturated heterocycles. The molecule has 1 atom stereocenters. The second kappa shape index (κ2) is 8.38. The van der Waals surface area contributed by atoms with E-state index in [2.05, 4.69) is 24.4 Å². The van der Waals surface area contributed by atoms with Crippen LogP contribution in [0.15, 0.2) is 42.5 Å². The van der Waals surface area contributed by atoms with E-state index >= 15 is 0 Å². The molecule has 142 valence electrons. The first-order valence-electron chi connectivity index (χ1n) is 9.64. The highest BCUT2D eigenvalue weighted by atomic mass is 16.2. The Morgan fingerprint density at radius 1 is 1.07 bits per heavy atom. The Morgan fingerprint density at radius 3 is 2.41 bits per heavy atom. The first-order valence-corrected chi connectivity index (χ1v) is 9.64. The summed E-state index contributed by atoms with van der Waals surface area (Å²) in [6.45, 7) is 7.33. The number of nitrogens with one attached hydrogen (secondary N) is 1. The molecule has 0 bridgehead atoms. The molecule has 0 aliphatic carbocycles. The third-order valence-corrected chi connectivity index (χ3v) is 5.27. The van der Waals surface area contributed by atoms with Gasteiger partial charge in [0.25, 0.3) is 0 Å². The highest BCUT2D eigenvalue weighted by Crippen LogP contribution is 2.25. The van der Waals surface area contributed by atoms with Gasteiger partial charge in [0.1, 0.15) is 0 Å². The molecule has 1 heterocycles. The molecule has 1 aliphatic heterocycles. The van der Waals surface area contributed by atoms with Crippen LogP contribution in [0.5, 0.6) is 0 Å². The number of anilines is 1. The van der Waals surface area contributed by atoms with Crippen molar-refractivity contribution in [2.75, 3.05) is 18.4 Å². The lowest BCUT2D eigenvalue weighted by Gasteiger charge is -2.32. The fourth-order valence-electron chi connectivity index (χ4n) is 3.90. The molecule has 2 aromatic rings. The van der Waals surface area contributed by atoms with Crippen molar-refractivity contribution in [2.24, 2.45) is 5.92 Å². The van der Waals surface area contributed by atoms with Gasteiger partial charge >= 0.3 is 0 Å². The van der Waals surface area contributed by atoms with Gasteiger partial charge in [-0.15, -0.1) is 0 Å². The molecular formula is C23H28N2O2. The number of likely N-dealkylation sites (tertiary alicyclic amines) is 1. The van der Waals surface area contributed by atoms with E-state index in [1.165, 1.54) is 5.56 Å². The standard InChI is InChI=1S/C23H28N2O2/c1-16-12-17(2)22(18(3)13-16)24-23(27)20-10-7-11-25(15-20)21(26)14-19-8-5-4-6-9-19/h4-6,8-9,12-13,20H,7,10-11,14-15H2,1-3H3,(H,24,27). The molecule has 1 N–H and O–H groups in total. The summed E-state index contributed by atoms with van der Waals surface area (Å²) in [4.78, 5) is 27.3. The largest absolute Gasteiger partial charge is 0.342 e. The number of hydrogen-bond acceptors (Lipinski definition) is 2. The minimum absolute atomic E-state index is 0.0160. The minimum Gasteiger partial charge on any atom is -0.342 e. The van der Waals surface area contributed by atoms with E-state index in [0.717, 1.165) is 41.8 Å². The maximum Gasteiger partial charge on any atom is 0.229 e. The molecule has 1 unspecified atom stereocenters. The second-order valence-electron chi connectivity index (χ2n) is 7.60. The first-order chi connectivity index (χ1) is 12.9. The summed E-state index contributed by atoms with van der Waals surface area (Å²) in [6, 6.07) is 13.9. The highest BCUT2D eigenvalue weighted by Gasteiger charge is 2.28. The molecule has 0 spiro atoms. The summed E-state index contributed by atoms with van der Waals surface area (Å²) < 4.78 is 0. The predicted octanol–water partition coefficient (Wildman–Crippen LogP) is 4.03. The molecule has 2 amide bonds. The first kappa shape index (κ1) is 19.2. The maximum atomic E-state index is 12.8. The van der Waals surface area contributed by atoms with E-state index in [9.17, 15) is 9.59 Å². The minimum atomic E-state index is -0.154. The molecule has 2 aromatic carbocycles. The molecule has 0 radical (unpaired) electrons. The molecule has 4 nitrogen and oxygen atoms in total. The van der Waals surface area contributed by atoms with E-state index in [1.54, 1.807) is 0 Å². The van der Waals surface area contributed by atoms with Crippen molar-refractivity contribution in [2.45, 2.75) is 40.0 Å². The number of carbonyl (C=O) groups excluding carboxylic acids is 2. The van der Waals surface area contributed by atoms with Gasteiger partial charge in [0, 0.05) is 18.8 Å². The van der Waals surface area contributed by atoms with Crippen LogP contribution in [-0.2, 0) is 16.0 Å². The smallest absolute Gasteiger partial charge is 0.229 e. The van der Waals surface area contributed by atoms with E-state index in [4.69, 9.17) is 0 Å².